The molecule has 0 fully saturated rings. The number of aromatic nitrogens is 1. The van der Waals surface area contributed by atoms with Crippen LogP contribution in [0.3, 0.4) is 0 Å². The minimum absolute atomic E-state index is 0.0108. The van der Waals surface area contributed by atoms with Crippen LogP contribution in [0.25, 0.3) is 0 Å². The SMILES string of the molecule is COC(Cn1cc(C(=O)NC(C)C)c(=O)c(OCc2ccccc2)c1C(=O)NCc1cccc(Cl)c1)OC. The van der Waals surface area contributed by atoms with Gasteiger partial charge in [-0.3, -0.25) is 14.4 Å². The van der Waals surface area contributed by atoms with Crippen LogP contribution in [0.4, 0.5) is 0 Å². The second-order valence-electron chi connectivity index (χ2n) is 8.82. The minimum Gasteiger partial charge on any atom is -0.483 e. The molecule has 0 saturated heterocycles. The summed E-state index contributed by atoms with van der Waals surface area (Å²) in [6.45, 7) is 3.74. The summed E-state index contributed by atoms with van der Waals surface area (Å²) in [5.74, 6) is -1.41. The highest BCUT2D eigenvalue weighted by Gasteiger charge is 2.27. The van der Waals surface area contributed by atoms with E-state index >= 15 is 0 Å². The van der Waals surface area contributed by atoms with Crippen molar-refractivity contribution in [2.45, 2.75) is 45.9 Å². The zero-order chi connectivity index (χ0) is 27.7. The van der Waals surface area contributed by atoms with Gasteiger partial charge in [-0.15, -0.1) is 0 Å². The normalized spacial score (nSPS) is 11.0. The highest BCUT2D eigenvalue weighted by atomic mass is 35.5. The summed E-state index contributed by atoms with van der Waals surface area (Å²) in [7, 11) is 2.91. The number of nitrogens with one attached hydrogen (secondary N) is 2. The van der Waals surface area contributed by atoms with E-state index in [-0.39, 0.29) is 42.7 Å². The summed E-state index contributed by atoms with van der Waals surface area (Å²) < 4.78 is 18.1. The van der Waals surface area contributed by atoms with E-state index in [1.807, 2.05) is 36.4 Å². The molecule has 1 heterocycles. The Kier molecular flexibility index (Phi) is 10.5. The van der Waals surface area contributed by atoms with Crippen molar-refractivity contribution in [2.24, 2.45) is 0 Å². The van der Waals surface area contributed by atoms with Gasteiger partial charge < -0.3 is 29.4 Å². The van der Waals surface area contributed by atoms with Crippen LogP contribution in [0, 0.1) is 0 Å². The number of pyridine rings is 1. The highest BCUT2D eigenvalue weighted by Crippen LogP contribution is 2.20. The first-order valence-corrected chi connectivity index (χ1v) is 12.4. The van der Waals surface area contributed by atoms with Crippen molar-refractivity contribution in [3.8, 4) is 5.75 Å². The molecular formula is C28H32ClN3O6. The van der Waals surface area contributed by atoms with Gasteiger partial charge in [0.25, 0.3) is 11.8 Å². The number of amides is 2. The van der Waals surface area contributed by atoms with E-state index in [0.717, 1.165) is 11.1 Å². The van der Waals surface area contributed by atoms with E-state index in [2.05, 4.69) is 10.6 Å². The summed E-state index contributed by atoms with van der Waals surface area (Å²) in [5, 5.41) is 6.08. The summed E-state index contributed by atoms with van der Waals surface area (Å²) in [6.07, 6.45) is 0.564. The molecule has 0 atom stereocenters. The van der Waals surface area contributed by atoms with E-state index in [9.17, 15) is 14.4 Å². The zero-order valence-electron chi connectivity index (χ0n) is 21.8. The molecule has 1 aromatic heterocycles. The fourth-order valence-electron chi connectivity index (χ4n) is 3.70. The number of rotatable bonds is 12. The van der Waals surface area contributed by atoms with Gasteiger partial charge in [0, 0.05) is 38.0 Å². The molecule has 0 radical (unpaired) electrons. The monoisotopic (exact) mass is 541 g/mol. The van der Waals surface area contributed by atoms with Crippen molar-refractivity contribution in [1.29, 1.82) is 0 Å². The number of ether oxygens (including phenoxy) is 3. The predicted molar refractivity (Wildman–Crippen MR) is 145 cm³/mol. The second kappa shape index (κ2) is 13.8. The van der Waals surface area contributed by atoms with Gasteiger partial charge >= 0.3 is 0 Å². The van der Waals surface area contributed by atoms with Crippen LogP contribution in [-0.2, 0) is 29.2 Å². The maximum absolute atomic E-state index is 13.6. The number of nitrogens with zero attached hydrogens (tertiary/aromatic N) is 1. The maximum atomic E-state index is 13.6. The lowest BCUT2D eigenvalue weighted by molar-refractivity contribution is -0.111. The quantitative estimate of drug-likeness (QED) is 0.338. The van der Waals surface area contributed by atoms with Crippen LogP contribution in [0.2, 0.25) is 5.02 Å². The lowest BCUT2D eigenvalue weighted by atomic mass is 10.1. The number of carbonyl (C=O) groups is 2. The van der Waals surface area contributed by atoms with Crippen LogP contribution in [0.1, 0.15) is 45.8 Å². The van der Waals surface area contributed by atoms with Crippen LogP contribution in [0.15, 0.2) is 65.6 Å². The van der Waals surface area contributed by atoms with Crippen LogP contribution in [-0.4, -0.2) is 42.9 Å². The predicted octanol–water partition coefficient (Wildman–Crippen LogP) is 3.77. The lowest BCUT2D eigenvalue weighted by Crippen LogP contribution is -2.38. The van der Waals surface area contributed by atoms with Gasteiger partial charge in [-0.1, -0.05) is 54.1 Å². The number of hydrogen-bond donors (Lipinski definition) is 2. The average molecular weight is 542 g/mol. The largest absolute Gasteiger partial charge is 0.483 e. The van der Waals surface area contributed by atoms with Gasteiger partial charge in [0.05, 0.1) is 6.54 Å². The van der Waals surface area contributed by atoms with Crippen molar-refractivity contribution in [2.75, 3.05) is 14.2 Å². The maximum Gasteiger partial charge on any atom is 0.272 e. The lowest BCUT2D eigenvalue weighted by Gasteiger charge is -2.22. The molecule has 0 spiro atoms. The summed E-state index contributed by atoms with van der Waals surface area (Å²) in [5.41, 5.74) is 0.625. The Hall–Kier alpha value is -3.66. The van der Waals surface area contributed by atoms with E-state index < -0.39 is 23.5 Å². The third-order valence-corrected chi connectivity index (χ3v) is 5.79. The van der Waals surface area contributed by atoms with Gasteiger partial charge in [0.15, 0.2) is 17.7 Å². The molecule has 0 aliphatic carbocycles. The fourth-order valence-corrected chi connectivity index (χ4v) is 3.91. The number of halogens is 1. The smallest absolute Gasteiger partial charge is 0.272 e. The second-order valence-corrected chi connectivity index (χ2v) is 9.25. The minimum atomic E-state index is -0.764. The number of hydrogen-bond acceptors (Lipinski definition) is 6. The fraction of sp³-hybridized carbons (Fsp3) is 0.321. The van der Waals surface area contributed by atoms with Crippen LogP contribution < -0.4 is 20.8 Å². The Bertz CT molecular complexity index is 1310. The van der Waals surface area contributed by atoms with E-state index in [1.54, 1.807) is 32.0 Å². The van der Waals surface area contributed by atoms with Crippen molar-refractivity contribution >= 4 is 23.4 Å². The molecule has 9 nitrogen and oxygen atoms in total. The molecule has 3 rings (SSSR count). The number of benzene rings is 2. The Morgan fingerprint density at radius 1 is 0.974 bits per heavy atom. The molecule has 0 aliphatic rings. The molecule has 2 amide bonds. The average Bonchev–Trinajstić information content (AvgIpc) is 2.90. The molecular weight excluding hydrogens is 510 g/mol. The topological polar surface area (TPSA) is 108 Å². The van der Waals surface area contributed by atoms with Gasteiger partial charge in [-0.05, 0) is 37.1 Å². The first-order valence-electron chi connectivity index (χ1n) is 12.1. The van der Waals surface area contributed by atoms with Crippen molar-refractivity contribution < 1.29 is 23.8 Å². The third-order valence-electron chi connectivity index (χ3n) is 5.56. The van der Waals surface area contributed by atoms with Crippen molar-refractivity contribution in [1.82, 2.24) is 15.2 Å². The standard InChI is InChI=1S/C28H32ClN3O6/c1-18(2)31-27(34)22-15-32(16-23(36-3)37-4)24(28(35)30-14-20-11-8-12-21(29)13-20)26(25(22)33)38-17-19-9-6-5-7-10-19/h5-13,15,18,23H,14,16-17H2,1-4H3,(H,30,35)(H,31,34). The van der Waals surface area contributed by atoms with Gasteiger partial charge in [0.1, 0.15) is 12.2 Å². The number of carbonyl (C=O) groups excluding carboxylic acids is 2. The Labute approximate surface area is 226 Å². The molecule has 2 aromatic carbocycles. The van der Waals surface area contributed by atoms with Crippen molar-refractivity contribution in [3.05, 3.63) is 98.4 Å². The summed E-state index contributed by atoms with van der Waals surface area (Å²) in [6, 6.07) is 16.0. The van der Waals surface area contributed by atoms with E-state index in [0.29, 0.717) is 5.02 Å². The van der Waals surface area contributed by atoms with Crippen LogP contribution in [0.5, 0.6) is 5.75 Å². The van der Waals surface area contributed by atoms with E-state index in [1.165, 1.54) is 25.0 Å². The molecule has 0 aliphatic heterocycles. The van der Waals surface area contributed by atoms with Crippen molar-refractivity contribution in [3.63, 3.8) is 0 Å². The van der Waals surface area contributed by atoms with Crippen LogP contribution >= 0.6 is 11.6 Å². The first kappa shape index (κ1) is 28.9. The Morgan fingerprint density at radius 2 is 1.66 bits per heavy atom. The Morgan fingerprint density at radius 3 is 2.29 bits per heavy atom. The summed E-state index contributed by atoms with van der Waals surface area (Å²) in [4.78, 5) is 40.1. The molecule has 10 heteroatoms. The molecule has 0 bridgehead atoms. The van der Waals surface area contributed by atoms with Gasteiger partial charge in [-0.2, -0.15) is 0 Å². The number of methoxy groups -OCH3 is 2. The molecule has 202 valence electrons. The highest BCUT2D eigenvalue weighted by molar-refractivity contribution is 6.30. The molecule has 0 saturated carbocycles. The van der Waals surface area contributed by atoms with Gasteiger partial charge in [0.2, 0.25) is 5.43 Å². The zero-order valence-corrected chi connectivity index (χ0v) is 22.6. The van der Waals surface area contributed by atoms with E-state index in [4.69, 9.17) is 25.8 Å². The first-order chi connectivity index (χ1) is 18.2. The molecule has 0 unspecified atom stereocenters. The van der Waals surface area contributed by atoms with Gasteiger partial charge in [-0.25, -0.2) is 0 Å². The summed E-state index contributed by atoms with van der Waals surface area (Å²) >= 11 is 6.08. The molecule has 38 heavy (non-hydrogen) atoms. The molecule has 3 aromatic rings. The molecule has 2 N–H and O–H groups in total. The Balaban J connectivity index is 2.10. The third kappa shape index (κ3) is 7.67.